The average molecular weight is 294 g/mol. The Morgan fingerprint density at radius 2 is 2.50 bits per heavy atom. The Hall–Kier alpha value is -1.07. The Kier molecular flexibility index (Phi) is 5.43. The Balaban J connectivity index is 1.73. The van der Waals surface area contributed by atoms with Gasteiger partial charge >= 0.3 is 0 Å². The molecular weight excluding hydrogens is 272 g/mol. The Bertz CT molecular complexity index is 441. The number of nitrogens with one attached hydrogen (secondary N) is 1. The van der Waals surface area contributed by atoms with Crippen molar-refractivity contribution in [2.45, 2.75) is 38.0 Å². The number of pyridine rings is 1. The molecule has 20 heavy (non-hydrogen) atoms. The van der Waals surface area contributed by atoms with Crippen LogP contribution in [0.4, 0.5) is 0 Å². The van der Waals surface area contributed by atoms with Crippen LogP contribution in [0, 0.1) is 5.41 Å². The van der Waals surface area contributed by atoms with E-state index in [4.69, 9.17) is 0 Å². The van der Waals surface area contributed by atoms with Crippen molar-refractivity contribution < 1.29 is 9.90 Å². The average Bonchev–Trinajstić information content (AvgIpc) is 2.82. The highest BCUT2D eigenvalue weighted by molar-refractivity contribution is 7.99. The number of aromatic nitrogens is 1. The van der Waals surface area contributed by atoms with Crippen LogP contribution in [0.3, 0.4) is 0 Å². The third kappa shape index (κ3) is 3.96. The molecule has 0 aromatic carbocycles. The zero-order valence-electron chi connectivity index (χ0n) is 11.8. The topological polar surface area (TPSA) is 62.2 Å². The first-order valence-electron chi connectivity index (χ1n) is 7.01. The van der Waals surface area contributed by atoms with Gasteiger partial charge in [-0.25, -0.2) is 0 Å². The minimum Gasteiger partial charge on any atom is -0.396 e. The van der Waals surface area contributed by atoms with Gasteiger partial charge in [0.15, 0.2) is 0 Å². The zero-order valence-corrected chi connectivity index (χ0v) is 12.7. The van der Waals surface area contributed by atoms with E-state index >= 15 is 0 Å². The summed E-state index contributed by atoms with van der Waals surface area (Å²) in [6, 6.07) is 4.03. The first-order chi connectivity index (χ1) is 9.64. The van der Waals surface area contributed by atoms with Gasteiger partial charge in [-0.05, 0) is 24.5 Å². The van der Waals surface area contributed by atoms with Crippen molar-refractivity contribution in [3.63, 3.8) is 0 Å². The third-order valence-corrected chi connectivity index (χ3v) is 5.01. The molecule has 0 aliphatic heterocycles. The predicted molar refractivity (Wildman–Crippen MR) is 81.4 cm³/mol. The maximum absolute atomic E-state index is 12.0. The van der Waals surface area contributed by atoms with Crippen LogP contribution < -0.4 is 5.32 Å². The Labute approximate surface area is 124 Å². The second kappa shape index (κ2) is 7.09. The lowest BCUT2D eigenvalue weighted by atomic mass is 9.86. The first kappa shape index (κ1) is 15.3. The summed E-state index contributed by atoms with van der Waals surface area (Å²) in [6.07, 6.45) is 6.60. The van der Waals surface area contributed by atoms with E-state index in [1.165, 1.54) is 0 Å². The fourth-order valence-electron chi connectivity index (χ4n) is 2.65. The molecular formula is C15H22N2O2S. The largest absolute Gasteiger partial charge is 0.396 e. The van der Waals surface area contributed by atoms with E-state index in [1.807, 2.05) is 25.3 Å². The van der Waals surface area contributed by atoms with Crippen molar-refractivity contribution in [3.8, 4) is 0 Å². The van der Waals surface area contributed by atoms with Crippen LogP contribution in [0.1, 0.15) is 31.7 Å². The zero-order chi connectivity index (χ0) is 14.4. The van der Waals surface area contributed by atoms with Gasteiger partial charge in [-0.15, -0.1) is 11.8 Å². The highest BCUT2D eigenvalue weighted by Gasteiger charge is 2.38. The minimum atomic E-state index is -0.149. The summed E-state index contributed by atoms with van der Waals surface area (Å²) in [4.78, 5) is 16.0. The maximum Gasteiger partial charge on any atom is 0.230 e. The number of carbonyl (C=O) groups is 1. The fourth-order valence-corrected chi connectivity index (χ4v) is 3.43. The molecule has 1 fully saturated rings. The van der Waals surface area contributed by atoms with E-state index in [1.54, 1.807) is 18.0 Å². The SMILES string of the molecule is CC1(CO)CCCC1NC(=O)CSCc1cccnc1. The number of rotatable bonds is 6. The summed E-state index contributed by atoms with van der Waals surface area (Å²) in [6.45, 7) is 2.19. The van der Waals surface area contributed by atoms with Crippen LogP contribution in [-0.2, 0) is 10.5 Å². The lowest BCUT2D eigenvalue weighted by Crippen LogP contribution is -2.45. The number of aliphatic hydroxyl groups is 1. The molecule has 1 aliphatic rings. The van der Waals surface area contributed by atoms with E-state index in [9.17, 15) is 9.90 Å². The molecule has 1 amide bonds. The second-order valence-electron chi connectivity index (χ2n) is 5.68. The van der Waals surface area contributed by atoms with Crippen molar-refractivity contribution in [3.05, 3.63) is 30.1 Å². The molecule has 0 saturated heterocycles. The Morgan fingerprint density at radius 1 is 1.65 bits per heavy atom. The molecule has 0 spiro atoms. The van der Waals surface area contributed by atoms with Gasteiger partial charge in [-0.3, -0.25) is 9.78 Å². The van der Waals surface area contributed by atoms with Crippen LogP contribution in [0.2, 0.25) is 0 Å². The van der Waals surface area contributed by atoms with Crippen molar-refractivity contribution in [1.29, 1.82) is 0 Å². The predicted octanol–water partition coefficient (Wildman–Crippen LogP) is 1.98. The molecule has 110 valence electrons. The standard InChI is InChI=1S/C15H22N2O2S/c1-15(11-18)6-2-5-13(15)17-14(19)10-20-9-12-4-3-7-16-8-12/h3-4,7-8,13,18H,2,5-6,9-11H2,1H3,(H,17,19). The summed E-state index contributed by atoms with van der Waals surface area (Å²) in [5.41, 5.74) is 0.982. The smallest absolute Gasteiger partial charge is 0.230 e. The van der Waals surface area contributed by atoms with Gasteiger partial charge in [0.1, 0.15) is 0 Å². The van der Waals surface area contributed by atoms with Gasteiger partial charge in [0.2, 0.25) is 5.91 Å². The lowest BCUT2D eigenvalue weighted by Gasteiger charge is -2.30. The second-order valence-corrected chi connectivity index (χ2v) is 6.66. The van der Waals surface area contributed by atoms with Gasteiger partial charge in [0, 0.05) is 29.6 Å². The maximum atomic E-state index is 12.0. The molecule has 0 radical (unpaired) electrons. The van der Waals surface area contributed by atoms with Gasteiger partial charge < -0.3 is 10.4 Å². The van der Waals surface area contributed by atoms with Crippen molar-refractivity contribution >= 4 is 17.7 Å². The Morgan fingerprint density at radius 3 is 3.20 bits per heavy atom. The van der Waals surface area contributed by atoms with Crippen molar-refractivity contribution in [2.75, 3.05) is 12.4 Å². The number of hydrogen-bond acceptors (Lipinski definition) is 4. The summed E-state index contributed by atoms with van der Waals surface area (Å²) in [7, 11) is 0. The number of hydrogen-bond donors (Lipinski definition) is 2. The first-order valence-corrected chi connectivity index (χ1v) is 8.16. The summed E-state index contributed by atoms with van der Waals surface area (Å²) in [5.74, 6) is 1.31. The van der Waals surface area contributed by atoms with E-state index < -0.39 is 0 Å². The number of aliphatic hydroxyl groups excluding tert-OH is 1. The monoisotopic (exact) mass is 294 g/mol. The van der Waals surface area contributed by atoms with Gasteiger partial charge in [0.05, 0.1) is 12.4 Å². The normalized spacial score (nSPS) is 25.6. The van der Waals surface area contributed by atoms with Crippen molar-refractivity contribution in [1.82, 2.24) is 10.3 Å². The molecule has 4 nitrogen and oxygen atoms in total. The van der Waals surface area contributed by atoms with Crippen LogP contribution >= 0.6 is 11.8 Å². The van der Waals surface area contributed by atoms with Crippen LogP contribution in [0.15, 0.2) is 24.5 Å². The summed E-state index contributed by atoms with van der Waals surface area (Å²) < 4.78 is 0. The molecule has 2 rings (SSSR count). The third-order valence-electron chi connectivity index (χ3n) is 4.00. The summed E-state index contributed by atoms with van der Waals surface area (Å²) >= 11 is 1.59. The van der Waals surface area contributed by atoms with Crippen LogP contribution in [0.5, 0.6) is 0 Å². The van der Waals surface area contributed by atoms with E-state index in [-0.39, 0.29) is 24.0 Å². The van der Waals surface area contributed by atoms with Crippen LogP contribution in [-0.4, -0.2) is 34.4 Å². The van der Waals surface area contributed by atoms with Crippen molar-refractivity contribution in [2.24, 2.45) is 5.41 Å². The molecule has 1 heterocycles. The molecule has 1 aliphatic carbocycles. The van der Waals surface area contributed by atoms with E-state index in [2.05, 4.69) is 10.3 Å². The highest BCUT2D eigenvalue weighted by Crippen LogP contribution is 2.37. The fraction of sp³-hybridized carbons (Fsp3) is 0.600. The highest BCUT2D eigenvalue weighted by atomic mass is 32.2. The molecule has 1 aromatic heterocycles. The van der Waals surface area contributed by atoms with E-state index in [0.29, 0.717) is 5.75 Å². The number of carbonyl (C=O) groups excluding carboxylic acids is 1. The molecule has 0 bridgehead atoms. The van der Waals surface area contributed by atoms with Gasteiger partial charge in [-0.1, -0.05) is 19.4 Å². The van der Waals surface area contributed by atoms with Gasteiger partial charge in [-0.2, -0.15) is 0 Å². The van der Waals surface area contributed by atoms with E-state index in [0.717, 1.165) is 30.6 Å². The quantitative estimate of drug-likeness (QED) is 0.842. The molecule has 1 saturated carbocycles. The number of thioether (sulfide) groups is 1. The van der Waals surface area contributed by atoms with Crippen LogP contribution in [0.25, 0.3) is 0 Å². The van der Waals surface area contributed by atoms with Gasteiger partial charge in [0.25, 0.3) is 0 Å². The molecule has 5 heteroatoms. The molecule has 2 N–H and O–H groups in total. The minimum absolute atomic E-state index is 0.0606. The number of amides is 1. The molecule has 1 aromatic rings. The lowest BCUT2D eigenvalue weighted by molar-refractivity contribution is -0.120. The summed E-state index contributed by atoms with van der Waals surface area (Å²) in [5, 5.41) is 12.5. The molecule has 2 unspecified atom stereocenters. The number of nitrogens with zero attached hydrogens (tertiary/aromatic N) is 1. The molecule has 2 atom stereocenters.